The van der Waals surface area contributed by atoms with Crippen molar-refractivity contribution in [3.8, 4) is 17.2 Å². The maximum absolute atomic E-state index is 12.8. The van der Waals surface area contributed by atoms with Crippen molar-refractivity contribution in [2.24, 2.45) is 0 Å². The van der Waals surface area contributed by atoms with E-state index in [0.717, 1.165) is 16.7 Å². The van der Waals surface area contributed by atoms with Crippen molar-refractivity contribution in [2.75, 3.05) is 26.1 Å². The molecule has 1 heterocycles. The molecule has 38 heavy (non-hydrogen) atoms. The quantitative estimate of drug-likeness (QED) is 0.229. The number of nitrogens with one attached hydrogen (secondary N) is 1. The van der Waals surface area contributed by atoms with Gasteiger partial charge in [-0.25, -0.2) is 4.79 Å². The summed E-state index contributed by atoms with van der Waals surface area (Å²) in [5.74, 6) is -0.291. The monoisotopic (exact) mass is 552 g/mol. The summed E-state index contributed by atoms with van der Waals surface area (Å²) in [5.41, 5.74) is 1.37. The number of hydrogen-bond acceptors (Lipinski definition) is 8. The van der Waals surface area contributed by atoms with E-state index in [-0.39, 0.29) is 4.91 Å². The summed E-state index contributed by atoms with van der Waals surface area (Å²) in [6.45, 7) is -0.452. The predicted octanol–water partition coefficient (Wildman–Crippen LogP) is 5.25. The van der Waals surface area contributed by atoms with Crippen LogP contribution in [0.3, 0.4) is 0 Å². The number of nitrogens with zero attached hydrogens (tertiary/aromatic N) is 1. The van der Waals surface area contributed by atoms with Gasteiger partial charge in [0, 0.05) is 5.69 Å². The molecule has 1 fully saturated rings. The molecule has 11 heteroatoms. The van der Waals surface area contributed by atoms with E-state index in [4.69, 9.17) is 25.8 Å². The largest absolute Gasteiger partial charge is 0.497 e. The minimum Gasteiger partial charge on any atom is -0.497 e. The number of benzene rings is 3. The standard InChI is InChI=1S/C27H21ClN2O7S/c1-35-19-10-5-17(6-11-19)26(33)37-20-8-3-16(4-9-20)13-23-25(32)30(27(34)38-23)15-24(31)29-18-7-12-22(36-2)21(28)14-18/h3-14H,15H2,1-2H3,(H,29,31)/b23-13+. The van der Waals surface area contributed by atoms with Crippen molar-refractivity contribution in [1.82, 2.24) is 4.90 Å². The second kappa shape index (κ2) is 11.8. The van der Waals surface area contributed by atoms with Gasteiger partial charge in [0.2, 0.25) is 5.91 Å². The van der Waals surface area contributed by atoms with Crippen molar-refractivity contribution < 1.29 is 33.4 Å². The van der Waals surface area contributed by atoms with Gasteiger partial charge in [0.05, 0.1) is 29.7 Å². The van der Waals surface area contributed by atoms with E-state index in [2.05, 4.69) is 5.32 Å². The minimum absolute atomic E-state index is 0.165. The van der Waals surface area contributed by atoms with Gasteiger partial charge in [-0.05, 0) is 78.0 Å². The maximum Gasteiger partial charge on any atom is 0.343 e. The molecule has 0 aromatic heterocycles. The smallest absolute Gasteiger partial charge is 0.343 e. The summed E-state index contributed by atoms with van der Waals surface area (Å²) in [5, 5.41) is 2.35. The van der Waals surface area contributed by atoms with Gasteiger partial charge >= 0.3 is 5.97 Å². The van der Waals surface area contributed by atoms with Crippen LogP contribution < -0.4 is 19.5 Å². The summed E-state index contributed by atoms with van der Waals surface area (Å²) in [6, 6.07) is 17.6. The topological polar surface area (TPSA) is 111 Å². The summed E-state index contributed by atoms with van der Waals surface area (Å²) in [4.78, 5) is 51.0. The molecule has 0 aliphatic carbocycles. The highest BCUT2D eigenvalue weighted by molar-refractivity contribution is 8.18. The first-order chi connectivity index (χ1) is 18.3. The Morgan fingerprint density at radius 3 is 2.26 bits per heavy atom. The molecule has 0 saturated carbocycles. The summed E-state index contributed by atoms with van der Waals surface area (Å²) in [7, 11) is 3.01. The van der Waals surface area contributed by atoms with E-state index < -0.39 is 29.6 Å². The molecular formula is C27H21ClN2O7S. The van der Waals surface area contributed by atoms with Crippen LogP contribution in [0.5, 0.6) is 17.2 Å². The van der Waals surface area contributed by atoms with Crippen LogP contribution in [0.1, 0.15) is 15.9 Å². The molecule has 1 aliphatic heterocycles. The molecule has 9 nitrogen and oxygen atoms in total. The highest BCUT2D eigenvalue weighted by Crippen LogP contribution is 2.33. The Bertz CT molecular complexity index is 1420. The van der Waals surface area contributed by atoms with E-state index in [1.807, 2.05) is 0 Å². The molecule has 0 unspecified atom stereocenters. The van der Waals surface area contributed by atoms with E-state index in [9.17, 15) is 19.2 Å². The number of anilines is 1. The van der Waals surface area contributed by atoms with Gasteiger partial charge in [-0.3, -0.25) is 19.3 Å². The number of methoxy groups -OCH3 is 2. The third-order valence-electron chi connectivity index (χ3n) is 5.32. The van der Waals surface area contributed by atoms with Crippen molar-refractivity contribution >= 4 is 58.1 Å². The lowest BCUT2D eigenvalue weighted by molar-refractivity contribution is -0.127. The molecule has 1 N–H and O–H groups in total. The summed E-state index contributed by atoms with van der Waals surface area (Å²) >= 11 is 6.80. The highest BCUT2D eigenvalue weighted by atomic mass is 35.5. The Morgan fingerprint density at radius 2 is 1.63 bits per heavy atom. The zero-order chi connectivity index (χ0) is 27.2. The fourth-order valence-electron chi connectivity index (χ4n) is 3.40. The molecule has 1 aliphatic rings. The second-order valence-corrected chi connectivity index (χ2v) is 9.25. The average molecular weight is 553 g/mol. The third-order valence-corrected chi connectivity index (χ3v) is 6.53. The van der Waals surface area contributed by atoms with Crippen molar-refractivity contribution in [1.29, 1.82) is 0 Å². The Kier molecular flexibility index (Phi) is 8.35. The minimum atomic E-state index is -0.585. The summed E-state index contributed by atoms with van der Waals surface area (Å²) < 4.78 is 15.5. The number of imide groups is 1. The first kappa shape index (κ1) is 26.8. The highest BCUT2D eigenvalue weighted by Gasteiger charge is 2.36. The number of hydrogen-bond donors (Lipinski definition) is 1. The fraction of sp³-hybridized carbons (Fsp3) is 0.111. The van der Waals surface area contributed by atoms with Crippen LogP contribution in [0.15, 0.2) is 71.6 Å². The number of halogens is 1. The van der Waals surface area contributed by atoms with Gasteiger partial charge in [0.15, 0.2) is 0 Å². The van der Waals surface area contributed by atoms with Crippen molar-refractivity contribution in [2.45, 2.75) is 0 Å². The first-order valence-electron chi connectivity index (χ1n) is 11.1. The van der Waals surface area contributed by atoms with Crippen LogP contribution in [-0.2, 0) is 9.59 Å². The molecular weight excluding hydrogens is 532 g/mol. The molecule has 194 valence electrons. The normalized spacial score (nSPS) is 14.0. The summed E-state index contributed by atoms with van der Waals surface area (Å²) in [6.07, 6.45) is 1.53. The molecule has 3 aromatic rings. The van der Waals surface area contributed by atoms with Crippen LogP contribution in [-0.4, -0.2) is 48.7 Å². The van der Waals surface area contributed by atoms with Gasteiger partial charge in [-0.2, -0.15) is 0 Å². The molecule has 0 atom stereocenters. The van der Waals surface area contributed by atoms with E-state index >= 15 is 0 Å². The van der Waals surface area contributed by atoms with E-state index in [0.29, 0.717) is 39.1 Å². The van der Waals surface area contributed by atoms with Crippen LogP contribution >= 0.6 is 23.4 Å². The number of carbonyl (C=O) groups excluding carboxylic acids is 4. The molecule has 3 aromatic carbocycles. The van der Waals surface area contributed by atoms with Crippen LogP contribution in [0.4, 0.5) is 10.5 Å². The first-order valence-corrected chi connectivity index (χ1v) is 12.3. The average Bonchev–Trinajstić information content (AvgIpc) is 3.17. The zero-order valence-corrected chi connectivity index (χ0v) is 21.8. The van der Waals surface area contributed by atoms with Gasteiger partial charge in [0.1, 0.15) is 23.8 Å². The lowest BCUT2D eigenvalue weighted by Crippen LogP contribution is -2.36. The van der Waals surface area contributed by atoms with E-state index in [1.165, 1.54) is 26.4 Å². The van der Waals surface area contributed by atoms with Gasteiger partial charge in [-0.1, -0.05) is 23.7 Å². The number of ether oxygens (including phenoxy) is 3. The predicted molar refractivity (Wildman–Crippen MR) is 144 cm³/mol. The van der Waals surface area contributed by atoms with Gasteiger partial charge in [0.25, 0.3) is 11.1 Å². The lowest BCUT2D eigenvalue weighted by atomic mass is 10.2. The molecule has 1 saturated heterocycles. The van der Waals surface area contributed by atoms with Crippen LogP contribution in [0.2, 0.25) is 5.02 Å². The van der Waals surface area contributed by atoms with Crippen LogP contribution in [0.25, 0.3) is 6.08 Å². The lowest BCUT2D eigenvalue weighted by Gasteiger charge is -2.13. The Hall–Kier alpha value is -4.28. The second-order valence-electron chi connectivity index (χ2n) is 7.85. The van der Waals surface area contributed by atoms with Crippen molar-refractivity contribution in [3.63, 3.8) is 0 Å². The molecule has 0 bridgehead atoms. The maximum atomic E-state index is 12.8. The zero-order valence-electron chi connectivity index (χ0n) is 20.2. The Morgan fingerprint density at radius 1 is 0.947 bits per heavy atom. The van der Waals surface area contributed by atoms with Crippen molar-refractivity contribution in [3.05, 3.63) is 87.8 Å². The van der Waals surface area contributed by atoms with E-state index in [1.54, 1.807) is 60.7 Å². The molecule has 3 amide bonds. The van der Waals surface area contributed by atoms with Gasteiger partial charge in [-0.15, -0.1) is 0 Å². The number of amides is 3. The van der Waals surface area contributed by atoms with Crippen LogP contribution in [0, 0.1) is 0 Å². The third kappa shape index (κ3) is 6.34. The molecule has 0 spiro atoms. The number of thioether (sulfide) groups is 1. The number of rotatable bonds is 8. The van der Waals surface area contributed by atoms with Gasteiger partial charge < -0.3 is 19.5 Å². The Labute approximate surface area is 227 Å². The molecule has 4 rings (SSSR count). The number of esters is 1. The number of carbonyl (C=O) groups is 4. The Balaban J connectivity index is 1.36. The molecule has 0 radical (unpaired) electrons. The fourth-order valence-corrected chi connectivity index (χ4v) is 4.50. The SMILES string of the molecule is COc1ccc(C(=O)Oc2ccc(/C=C3/SC(=O)N(CC(=O)Nc4ccc(OC)c(Cl)c4)C3=O)cc2)cc1.